The van der Waals surface area contributed by atoms with Gasteiger partial charge in [-0.25, -0.2) is 0 Å². The minimum atomic E-state index is -0.0573. The second-order valence-electron chi connectivity index (χ2n) is 7.79. The van der Waals surface area contributed by atoms with Gasteiger partial charge in [-0.1, -0.05) is 30.3 Å². The third-order valence-corrected chi connectivity index (χ3v) is 6.04. The van der Waals surface area contributed by atoms with Crippen LogP contribution in [-0.2, 0) is 6.54 Å². The van der Waals surface area contributed by atoms with Gasteiger partial charge in [0.05, 0.1) is 14.2 Å². The monoisotopic (exact) mass is 380 g/mol. The highest BCUT2D eigenvalue weighted by atomic mass is 16.5. The lowest BCUT2D eigenvalue weighted by atomic mass is 9.96. The zero-order valence-electron chi connectivity index (χ0n) is 16.6. The molecule has 4 rings (SSSR count). The van der Waals surface area contributed by atoms with Crippen molar-refractivity contribution in [1.82, 2.24) is 10.2 Å². The minimum Gasteiger partial charge on any atom is -0.497 e. The summed E-state index contributed by atoms with van der Waals surface area (Å²) in [6, 6.07) is 17.3. The van der Waals surface area contributed by atoms with Crippen molar-refractivity contribution in [2.75, 3.05) is 14.2 Å². The van der Waals surface area contributed by atoms with Gasteiger partial charge in [0.15, 0.2) is 0 Å². The normalized spacial score (nSPS) is 24.0. The van der Waals surface area contributed by atoms with E-state index in [0.29, 0.717) is 29.1 Å². The molecule has 1 unspecified atom stereocenters. The number of hydrogen-bond acceptors (Lipinski definition) is 4. The van der Waals surface area contributed by atoms with Gasteiger partial charge >= 0.3 is 0 Å². The first-order valence-electron chi connectivity index (χ1n) is 10.00. The highest BCUT2D eigenvalue weighted by Gasteiger charge is 2.40. The first kappa shape index (κ1) is 18.8. The van der Waals surface area contributed by atoms with Crippen LogP contribution in [0.1, 0.15) is 41.6 Å². The lowest BCUT2D eigenvalue weighted by Gasteiger charge is -2.39. The molecule has 2 aromatic carbocycles. The topological polar surface area (TPSA) is 50.8 Å². The molecule has 2 aliphatic rings. The van der Waals surface area contributed by atoms with E-state index >= 15 is 0 Å². The maximum atomic E-state index is 12.8. The van der Waals surface area contributed by atoms with Crippen molar-refractivity contribution in [3.63, 3.8) is 0 Å². The smallest absolute Gasteiger partial charge is 0.251 e. The van der Waals surface area contributed by atoms with E-state index in [1.807, 2.05) is 0 Å². The van der Waals surface area contributed by atoms with E-state index in [1.165, 1.54) is 18.4 Å². The SMILES string of the molecule is COc1cc(OC)cc(C(=O)NC2C[C@H]3CC[C@@H](C2)N3Cc2ccccc2)c1. The van der Waals surface area contributed by atoms with Crippen LogP contribution in [0.4, 0.5) is 0 Å². The predicted octanol–water partition coefficient (Wildman–Crippen LogP) is 3.63. The number of fused-ring (bicyclic) bond motifs is 2. The Morgan fingerprint density at radius 2 is 1.61 bits per heavy atom. The molecule has 2 bridgehead atoms. The zero-order chi connectivity index (χ0) is 19.5. The van der Waals surface area contributed by atoms with Crippen molar-refractivity contribution in [2.24, 2.45) is 0 Å². The Bertz CT molecular complexity index is 788. The van der Waals surface area contributed by atoms with Crippen LogP contribution in [0.2, 0.25) is 0 Å². The third-order valence-electron chi connectivity index (χ3n) is 6.04. The van der Waals surface area contributed by atoms with Crippen LogP contribution in [0.3, 0.4) is 0 Å². The molecule has 5 nitrogen and oxygen atoms in total. The summed E-state index contributed by atoms with van der Waals surface area (Å²) in [6.45, 7) is 1.00. The predicted molar refractivity (Wildman–Crippen MR) is 109 cm³/mol. The number of carbonyl (C=O) groups is 1. The molecule has 0 saturated carbocycles. The fourth-order valence-electron chi connectivity index (χ4n) is 4.65. The largest absolute Gasteiger partial charge is 0.497 e. The van der Waals surface area contributed by atoms with E-state index in [-0.39, 0.29) is 11.9 Å². The fraction of sp³-hybridized carbons (Fsp3) is 0.435. The van der Waals surface area contributed by atoms with E-state index < -0.39 is 0 Å². The molecule has 5 heteroatoms. The van der Waals surface area contributed by atoms with Gasteiger partial charge in [0.25, 0.3) is 5.91 Å². The van der Waals surface area contributed by atoms with Crippen LogP contribution < -0.4 is 14.8 Å². The molecule has 28 heavy (non-hydrogen) atoms. The maximum absolute atomic E-state index is 12.8. The van der Waals surface area contributed by atoms with Gasteiger partial charge in [-0.15, -0.1) is 0 Å². The molecular weight excluding hydrogens is 352 g/mol. The highest BCUT2D eigenvalue weighted by molar-refractivity contribution is 5.95. The number of nitrogens with one attached hydrogen (secondary N) is 1. The van der Waals surface area contributed by atoms with E-state index in [9.17, 15) is 4.79 Å². The summed E-state index contributed by atoms with van der Waals surface area (Å²) in [5.41, 5.74) is 1.95. The zero-order valence-corrected chi connectivity index (χ0v) is 16.6. The molecule has 0 radical (unpaired) electrons. The summed E-state index contributed by atoms with van der Waals surface area (Å²) >= 11 is 0. The molecule has 2 aromatic rings. The molecule has 2 aliphatic heterocycles. The molecule has 1 N–H and O–H groups in total. The lowest BCUT2D eigenvalue weighted by Crippen LogP contribution is -2.49. The molecule has 2 saturated heterocycles. The molecular formula is C23H28N2O3. The van der Waals surface area contributed by atoms with E-state index in [1.54, 1.807) is 32.4 Å². The minimum absolute atomic E-state index is 0.0573. The lowest BCUT2D eigenvalue weighted by molar-refractivity contribution is 0.0827. The fourth-order valence-corrected chi connectivity index (χ4v) is 4.65. The Balaban J connectivity index is 1.40. The van der Waals surface area contributed by atoms with Gasteiger partial charge in [-0.3, -0.25) is 9.69 Å². The standard InChI is InChI=1S/C23H28N2O3/c1-27-21-10-17(11-22(14-21)28-2)23(26)24-18-12-19-8-9-20(13-18)25(19)15-16-6-4-3-5-7-16/h3-7,10-11,14,18-20H,8-9,12-13,15H2,1-2H3,(H,24,26)/t18?,19-,20+. The van der Waals surface area contributed by atoms with Crippen LogP contribution in [0, 0.1) is 0 Å². The van der Waals surface area contributed by atoms with Gasteiger partial charge in [0.2, 0.25) is 0 Å². The number of piperidine rings is 1. The molecule has 1 amide bonds. The van der Waals surface area contributed by atoms with Gasteiger partial charge in [-0.05, 0) is 43.4 Å². The van der Waals surface area contributed by atoms with E-state index in [0.717, 1.165) is 19.4 Å². The molecule has 148 valence electrons. The number of benzene rings is 2. The molecule has 3 atom stereocenters. The Labute approximate surface area is 166 Å². The van der Waals surface area contributed by atoms with Crippen molar-refractivity contribution < 1.29 is 14.3 Å². The number of hydrogen-bond donors (Lipinski definition) is 1. The second-order valence-corrected chi connectivity index (χ2v) is 7.79. The average Bonchev–Trinajstić information content (AvgIpc) is 2.96. The average molecular weight is 380 g/mol. The van der Waals surface area contributed by atoms with Crippen LogP contribution in [0.15, 0.2) is 48.5 Å². The van der Waals surface area contributed by atoms with Crippen LogP contribution in [0.25, 0.3) is 0 Å². The maximum Gasteiger partial charge on any atom is 0.251 e. The molecule has 0 spiro atoms. The first-order valence-corrected chi connectivity index (χ1v) is 10.00. The molecule has 0 aliphatic carbocycles. The van der Waals surface area contributed by atoms with E-state index in [4.69, 9.17) is 9.47 Å². The molecule has 2 fully saturated rings. The summed E-state index contributed by atoms with van der Waals surface area (Å²) in [5.74, 6) is 1.20. The quantitative estimate of drug-likeness (QED) is 0.831. The number of carbonyl (C=O) groups excluding carboxylic acids is 1. The third kappa shape index (κ3) is 3.99. The Hall–Kier alpha value is -2.53. The number of methoxy groups -OCH3 is 2. The first-order chi connectivity index (χ1) is 13.7. The van der Waals surface area contributed by atoms with Crippen LogP contribution >= 0.6 is 0 Å². The summed E-state index contributed by atoms with van der Waals surface area (Å²) < 4.78 is 10.6. The van der Waals surface area contributed by atoms with Gasteiger partial charge in [0.1, 0.15) is 11.5 Å². The second kappa shape index (κ2) is 8.23. The van der Waals surface area contributed by atoms with Crippen molar-refractivity contribution >= 4 is 5.91 Å². The summed E-state index contributed by atoms with van der Waals surface area (Å²) in [5, 5.41) is 3.25. The van der Waals surface area contributed by atoms with Crippen LogP contribution in [-0.4, -0.2) is 43.2 Å². The van der Waals surface area contributed by atoms with Crippen LogP contribution in [0.5, 0.6) is 11.5 Å². The summed E-state index contributed by atoms with van der Waals surface area (Å²) in [7, 11) is 3.19. The van der Waals surface area contributed by atoms with Gasteiger partial charge < -0.3 is 14.8 Å². The highest BCUT2D eigenvalue weighted by Crippen LogP contribution is 2.37. The Kier molecular flexibility index (Phi) is 5.53. The van der Waals surface area contributed by atoms with Gasteiger partial charge in [-0.2, -0.15) is 0 Å². The number of rotatable bonds is 6. The molecule has 2 heterocycles. The number of ether oxygens (including phenoxy) is 2. The van der Waals surface area contributed by atoms with Crippen molar-refractivity contribution in [1.29, 1.82) is 0 Å². The van der Waals surface area contributed by atoms with Crippen molar-refractivity contribution in [2.45, 2.75) is 50.4 Å². The number of amides is 1. The van der Waals surface area contributed by atoms with E-state index in [2.05, 4.69) is 40.5 Å². The summed E-state index contributed by atoms with van der Waals surface area (Å²) in [4.78, 5) is 15.5. The Morgan fingerprint density at radius 1 is 1.00 bits per heavy atom. The Morgan fingerprint density at radius 3 is 2.18 bits per heavy atom. The van der Waals surface area contributed by atoms with Gasteiger partial charge in [0, 0.05) is 36.3 Å². The number of nitrogens with zero attached hydrogens (tertiary/aromatic N) is 1. The van der Waals surface area contributed by atoms with Crippen molar-refractivity contribution in [3.05, 3.63) is 59.7 Å². The molecule has 0 aromatic heterocycles. The van der Waals surface area contributed by atoms with Crippen molar-refractivity contribution in [3.8, 4) is 11.5 Å². The summed E-state index contributed by atoms with van der Waals surface area (Å²) in [6.07, 6.45) is 4.46.